The number of hydrogen-bond acceptors (Lipinski definition) is 7. The highest BCUT2D eigenvalue weighted by molar-refractivity contribution is 7.92. The van der Waals surface area contributed by atoms with Crippen molar-refractivity contribution in [1.82, 2.24) is 15.0 Å². The number of fused-ring (bicyclic) bond motifs is 1. The maximum absolute atomic E-state index is 13.3. The van der Waals surface area contributed by atoms with Gasteiger partial charge in [0.1, 0.15) is 0 Å². The number of thiazole rings is 1. The van der Waals surface area contributed by atoms with Gasteiger partial charge in [0.2, 0.25) is 10.0 Å². The molecule has 0 unspecified atom stereocenters. The van der Waals surface area contributed by atoms with Crippen LogP contribution < -0.4 is 10.0 Å². The molecule has 0 atom stereocenters. The Morgan fingerprint density at radius 2 is 1.68 bits per heavy atom. The van der Waals surface area contributed by atoms with Crippen LogP contribution in [0.1, 0.15) is 68.4 Å². The maximum Gasteiger partial charge on any atom is 0.280 e. The van der Waals surface area contributed by atoms with Crippen LogP contribution in [0.25, 0.3) is 21.2 Å². The van der Waals surface area contributed by atoms with E-state index in [4.69, 9.17) is 4.98 Å². The fourth-order valence-corrected chi connectivity index (χ4v) is 9.98. The van der Waals surface area contributed by atoms with Crippen molar-refractivity contribution in [2.24, 2.45) is 11.8 Å². The van der Waals surface area contributed by atoms with E-state index in [-0.39, 0.29) is 28.2 Å². The highest BCUT2D eigenvalue weighted by atomic mass is 32.2. The van der Waals surface area contributed by atoms with Gasteiger partial charge in [0, 0.05) is 29.0 Å². The van der Waals surface area contributed by atoms with Crippen LogP contribution >= 0.6 is 11.3 Å². The molecule has 2 heterocycles. The fraction of sp³-hybridized carbons (Fsp3) is 0.517. The summed E-state index contributed by atoms with van der Waals surface area (Å²) in [6.45, 7) is 5.74. The lowest BCUT2D eigenvalue weighted by Gasteiger charge is -2.25. The molecule has 2 fully saturated rings. The van der Waals surface area contributed by atoms with Gasteiger partial charge in [0.15, 0.2) is 14.8 Å². The number of aromatic nitrogens is 1. The molecule has 1 saturated heterocycles. The molecule has 11 heteroatoms. The van der Waals surface area contributed by atoms with E-state index in [2.05, 4.69) is 10.0 Å². The Morgan fingerprint density at radius 3 is 2.33 bits per heavy atom. The predicted molar refractivity (Wildman–Crippen MR) is 160 cm³/mol. The van der Waals surface area contributed by atoms with E-state index in [1.54, 1.807) is 6.07 Å². The first-order valence-electron chi connectivity index (χ1n) is 13.9. The Bertz CT molecular complexity index is 1620. The van der Waals surface area contributed by atoms with Gasteiger partial charge in [0.25, 0.3) is 5.91 Å². The van der Waals surface area contributed by atoms with Crippen LogP contribution in [0.5, 0.6) is 0 Å². The first kappa shape index (κ1) is 29.2. The lowest BCUT2D eigenvalue weighted by molar-refractivity contribution is 0.0947. The molecule has 2 aromatic carbocycles. The van der Waals surface area contributed by atoms with Crippen LogP contribution in [0, 0.1) is 11.8 Å². The lowest BCUT2D eigenvalue weighted by atomic mass is 9.85. The maximum atomic E-state index is 13.3. The summed E-state index contributed by atoms with van der Waals surface area (Å²) < 4.78 is 52.4. The Hall–Kier alpha value is -2.34. The minimum absolute atomic E-state index is 0.0600. The van der Waals surface area contributed by atoms with Crippen molar-refractivity contribution in [1.29, 1.82) is 0 Å². The van der Waals surface area contributed by atoms with E-state index in [0.717, 1.165) is 40.8 Å². The number of carbonyl (C=O) groups is 1. The third kappa shape index (κ3) is 6.58. The molecule has 216 valence electrons. The summed E-state index contributed by atoms with van der Waals surface area (Å²) >= 11 is 1.32. The predicted octanol–water partition coefficient (Wildman–Crippen LogP) is 4.94. The van der Waals surface area contributed by atoms with E-state index < -0.39 is 25.4 Å². The van der Waals surface area contributed by atoms with E-state index in [1.807, 2.05) is 51.1 Å². The first-order chi connectivity index (χ1) is 18.8. The highest BCUT2D eigenvalue weighted by Gasteiger charge is 2.34. The zero-order valence-corrected chi connectivity index (χ0v) is 25.6. The van der Waals surface area contributed by atoms with Crippen LogP contribution in [-0.4, -0.2) is 51.3 Å². The zero-order chi connectivity index (χ0) is 28.7. The van der Waals surface area contributed by atoms with Crippen LogP contribution in [0.3, 0.4) is 0 Å². The van der Waals surface area contributed by atoms with Gasteiger partial charge < -0.3 is 5.32 Å². The molecule has 2 aliphatic rings. The van der Waals surface area contributed by atoms with Gasteiger partial charge in [-0.15, -0.1) is 11.3 Å². The van der Waals surface area contributed by atoms with Gasteiger partial charge >= 0.3 is 0 Å². The van der Waals surface area contributed by atoms with E-state index in [1.165, 1.54) is 30.6 Å². The summed E-state index contributed by atoms with van der Waals surface area (Å²) in [5.74, 6) is 0.342. The number of nitrogens with one attached hydrogen (secondary N) is 2. The largest absolute Gasteiger partial charge is 0.350 e. The number of amides is 1. The van der Waals surface area contributed by atoms with Crippen LogP contribution in [0.15, 0.2) is 41.3 Å². The molecule has 0 spiro atoms. The second-order valence-electron chi connectivity index (χ2n) is 12.2. The molecule has 2 N–H and O–H groups in total. The normalized spacial score (nSPS) is 18.5. The van der Waals surface area contributed by atoms with Crippen molar-refractivity contribution in [2.75, 3.05) is 18.1 Å². The number of rotatable bonds is 8. The number of sulfonamides is 1. The van der Waals surface area contributed by atoms with Gasteiger partial charge in [-0.2, -0.15) is 0 Å². The van der Waals surface area contributed by atoms with Crippen LogP contribution in [-0.2, 0) is 26.3 Å². The molecule has 1 amide bonds. The summed E-state index contributed by atoms with van der Waals surface area (Å²) in [6.07, 6.45) is 6.65. The Balaban J connectivity index is 1.52. The highest BCUT2D eigenvalue weighted by Crippen LogP contribution is 2.40. The van der Waals surface area contributed by atoms with E-state index >= 15 is 0 Å². The Labute approximate surface area is 241 Å². The molecule has 1 aromatic heterocycles. The van der Waals surface area contributed by atoms with E-state index in [0.29, 0.717) is 22.9 Å². The Morgan fingerprint density at radius 1 is 1.00 bits per heavy atom. The summed E-state index contributed by atoms with van der Waals surface area (Å²) in [5.41, 5.74) is 1.09. The fourth-order valence-electron chi connectivity index (χ4n) is 5.72. The quantitative estimate of drug-likeness (QED) is 0.376. The third-order valence-electron chi connectivity index (χ3n) is 7.49. The molecule has 5 rings (SSSR count). The average Bonchev–Trinajstić information content (AvgIpc) is 3.28. The SMILES string of the molecule is CC(C)(C)NS(=O)(=O)c1ccc(-c2sc(C(=O)NCC3CS(=O)(=O)C3)nc2CC2CCCCC2)c2ccccc12. The van der Waals surface area contributed by atoms with Crippen molar-refractivity contribution in [2.45, 2.75) is 69.7 Å². The average molecular weight is 604 g/mol. The third-order valence-corrected chi connectivity index (χ3v) is 12.4. The van der Waals surface area contributed by atoms with Crippen molar-refractivity contribution >= 4 is 47.9 Å². The second-order valence-corrected chi connectivity index (χ2v) is 17.0. The monoisotopic (exact) mass is 603 g/mol. The molecular formula is C29H37N3O5S3. The first-order valence-corrected chi connectivity index (χ1v) is 18.0. The summed E-state index contributed by atoms with van der Waals surface area (Å²) in [6, 6.07) is 10.9. The molecule has 1 aliphatic carbocycles. The Kier molecular flexibility index (Phi) is 8.13. The molecule has 0 radical (unpaired) electrons. The van der Waals surface area contributed by atoms with Crippen LogP contribution in [0.2, 0.25) is 0 Å². The molecule has 40 heavy (non-hydrogen) atoms. The number of carbonyl (C=O) groups excluding carboxylic acids is 1. The van der Waals surface area contributed by atoms with Gasteiger partial charge in [-0.25, -0.2) is 26.5 Å². The number of benzene rings is 2. The minimum atomic E-state index is -3.77. The van der Waals surface area contributed by atoms with Crippen molar-refractivity contribution in [3.8, 4) is 10.4 Å². The number of hydrogen-bond donors (Lipinski definition) is 2. The lowest BCUT2D eigenvalue weighted by Crippen LogP contribution is -2.44. The summed E-state index contributed by atoms with van der Waals surface area (Å²) in [4.78, 5) is 19.0. The molecule has 1 aliphatic heterocycles. The van der Waals surface area contributed by atoms with Crippen molar-refractivity contribution in [3.63, 3.8) is 0 Å². The van der Waals surface area contributed by atoms with Gasteiger partial charge in [-0.3, -0.25) is 4.79 Å². The summed E-state index contributed by atoms with van der Waals surface area (Å²) in [5, 5.41) is 4.63. The molecule has 8 nitrogen and oxygen atoms in total. The molecule has 0 bridgehead atoms. The van der Waals surface area contributed by atoms with Gasteiger partial charge in [0.05, 0.1) is 27.0 Å². The van der Waals surface area contributed by atoms with Crippen molar-refractivity contribution in [3.05, 3.63) is 47.1 Å². The standard InChI is InChI=1S/C29H37N3O5S3/c1-29(2,3)32-40(36,37)25-14-13-23(21-11-7-8-12-22(21)25)26-24(15-19-9-5-4-6-10-19)31-28(38-26)27(33)30-16-20-17-39(34,35)18-20/h7-8,11-14,19-20,32H,4-6,9-10,15-18H2,1-3H3,(H,30,33). The molecule has 3 aromatic rings. The topological polar surface area (TPSA) is 122 Å². The minimum Gasteiger partial charge on any atom is -0.350 e. The number of sulfone groups is 1. The second kappa shape index (κ2) is 11.2. The molecule has 1 saturated carbocycles. The summed E-state index contributed by atoms with van der Waals surface area (Å²) in [7, 11) is -6.73. The van der Waals surface area contributed by atoms with E-state index in [9.17, 15) is 21.6 Å². The van der Waals surface area contributed by atoms with Crippen molar-refractivity contribution < 1.29 is 21.6 Å². The number of nitrogens with zero attached hydrogens (tertiary/aromatic N) is 1. The van der Waals surface area contributed by atoms with Gasteiger partial charge in [-0.1, -0.05) is 62.4 Å². The van der Waals surface area contributed by atoms with Gasteiger partial charge in [-0.05, 0) is 44.6 Å². The zero-order valence-electron chi connectivity index (χ0n) is 23.2. The smallest absolute Gasteiger partial charge is 0.280 e. The molecular weight excluding hydrogens is 567 g/mol. The van der Waals surface area contributed by atoms with Crippen LogP contribution in [0.4, 0.5) is 0 Å².